The van der Waals surface area contributed by atoms with Crippen molar-refractivity contribution in [3.05, 3.63) is 84.4 Å². The van der Waals surface area contributed by atoms with Crippen LogP contribution in [0.25, 0.3) is 22.2 Å². The van der Waals surface area contributed by atoms with Gasteiger partial charge in [0.05, 0.1) is 5.39 Å². The molecule has 0 bridgehead atoms. The molecular weight excluding hydrogens is 312 g/mol. The summed E-state index contributed by atoms with van der Waals surface area (Å²) in [6.07, 6.45) is 0. The summed E-state index contributed by atoms with van der Waals surface area (Å²) in [4.78, 5) is 14.5. The van der Waals surface area contributed by atoms with Crippen LogP contribution in [0.1, 0.15) is 10.4 Å². The van der Waals surface area contributed by atoms with Crippen molar-refractivity contribution in [2.24, 2.45) is 0 Å². The van der Waals surface area contributed by atoms with Gasteiger partial charge in [0.25, 0.3) is 5.91 Å². The molecule has 0 saturated carbocycles. The molecule has 3 aromatic carbocycles. The highest BCUT2D eigenvalue weighted by molar-refractivity contribution is 6.08. The first-order chi connectivity index (χ1) is 12.2. The van der Waals surface area contributed by atoms with Crippen molar-refractivity contribution >= 4 is 22.5 Å². The largest absolute Gasteiger partial charge is 0.355 e. The lowest BCUT2D eigenvalue weighted by Crippen LogP contribution is -2.26. The van der Waals surface area contributed by atoms with Gasteiger partial charge in [0, 0.05) is 23.9 Å². The molecule has 0 aliphatic rings. The Hall–Kier alpha value is -3.40. The topological polar surface area (TPSA) is 46.3 Å². The number of anilines is 1. The van der Waals surface area contributed by atoms with E-state index in [1.807, 2.05) is 72.8 Å². The highest BCUT2D eigenvalue weighted by Crippen LogP contribution is 2.29. The fraction of sp³-hybridized carbons (Fsp3) is 0.0476. The van der Waals surface area contributed by atoms with Gasteiger partial charge < -0.3 is 9.42 Å². The monoisotopic (exact) mass is 328 g/mol. The second-order valence-electron chi connectivity index (χ2n) is 5.81. The predicted molar refractivity (Wildman–Crippen MR) is 98.6 cm³/mol. The molecule has 25 heavy (non-hydrogen) atoms. The maximum absolute atomic E-state index is 12.8. The highest BCUT2D eigenvalue weighted by atomic mass is 16.5. The molecule has 0 unspecified atom stereocenters. The van der Waals surface area contributed by atoms with Crippen molar-refractivity contribution in [1.29, 1.82) is 0 Å². The number of para-hydroxylation sites is 1. The number of amides is 1. The Labute approximate surface area is 145 Å². The Kier molecular flexibility index (Phi) is 3.78. The first-order valence-electron chi connectivity index (χ1n) is 8.02. The molecule has 4 nitrogen and oxygen atoms in total. The van der Waals surface area contributed by atoms with Gasteiger partial charge in [0.2, 0.25) is 0 Å². The van der Waals surface area contributed by atoms with Crippen molar-refractivity contribution in [3.8, 4) is 11.3 Å². The first kappa shape index (κ1) is 15.1. The average molecular weight is 328 g/mol. The molecule has 0 aliphatic carbocycles. The van der Waals surface area contributed by atoms with Crippen LogP contribution < -0.4 is 4.90 Å². The Morgan fingerprint density at radius 1 is 0.920 bits per heavy atom. The Morgan fingerprint density at radius 3 is 2.32 bits per heavy atom. The lowest BCUT2D eigenvalue weighted by molar-refractivity contribution is 0.0993. The van der Waals surface area contributed by atoms with Gasteiger partial charge in [-0.1, -0.05) is 53.7 Å². The summed E-state index contributed by atoms with van der Waals surface area (Å²) in [6.45, 7) is 0. The van der Waals surface area contributed by atoms with Crippen LogP contribution in [0, 0.1) is 0 Å². The van der Waals surface area contributed by atoms with Crippen molar-refractivity contribution in [3.63, 3.8) is 0 Å². The summed E-state index contributed by atoms with van der Waals surface area (Å²) in [5.41, 5.74) is 3.12. The number of carbonyl (C=O) groups excluding carboxylic acids is 1. The van der Waals surface area contributed by atoms with Crippen molar-refractivity contribution in [2.45, 2.75) is 0 Å². The van der Waals surface area contributed by atoms with Gasteiger partial charge >= 0.3 is 0 Å². The van der Waals surface area contributed by atoms with Crippen molar-refractivity contribution in [1.82, 2.24) is 5.16 Å². The molecule has 122 valence electrons. The molecule has 0 saturated heterocycles. The summed E-state index contributed by atoms with van der Waals surface area (Å²) in [5.74, 6) is 0.598. The second-order valence-corrected chi connectivity index (χ2v) is 5.81. The van der Waals surface area contributed by atoms with Crippen LogP contribution in [0.15, 0.2) is 83.4 Å². The quantitative estimate of drug-likeness (QED) is 0.544. The van der Waals surface area contributed by atoms with Gasteiger partial charge in [0.1, 0.15) is 5.52 Å². The van der Waals surface area contributed by atoms with Gasteiger partial charge in [-0.05, 0) is 30.3 Å². The van der Waals surface area contributed by atoms with E-state index in [0.29, 0.717) is 11.3 Å². The van der Waals surface area contributed by atoms with Gasteiger partial charge in [0.15, 0.2) is 5.76 Å². The zero-order valence-electron chi connectivity index (χ0n) is 13.7. The van der Waals surface area contributed by atoms with E-state index in [1.54, 1.807) is 18.0 Å². The van der Waals surface area contributed by atoms with Crippen LogP contribution in [0.4, 0.5) is 5.69 Å². The van der Waals surface area contributed by atoms with E-state index in [9.17, 15) is 4.79 Å². The minimum Gasteiger partial charge on any atom is -0.355 e. The van der Waals surface area contributed by atoms with Crippen molar-refractivity contribution < 1.29 is 9.32 Å². The first-order valence-corrected chi connectivity index (χ1v) is 8.02. The lowest BCUT2D eigenvalue weighted by Gasteiger charge is -2.17. The summed E-state index contributed by atoms with van der Waals surface area (Å²) >= 11 is 0. The van der Waals surface area contributed by atoms with Gasteiger partial charge in [-0.25, -0.2) is 0 Å². The number of fused-ring (bicyclic) bond motifs is 1. The molecule has 0 spiro atoms. The highest BCUT2D eigenvalue weighted by Gasteiger charge is 2.17. The molecule has 1 heterocycles. The number of aromatic nitrogens is 1. The van der Waals surface area contributed by atoms with E-state index in [4.69, 9.17) is 4.52 Å². The van der Waals surface area contributed by atoms with Gasteiger partial charge in [-0.2, -0.15) is 0 Å². The van der Waals surface area contributed by atoms with Gasteiger partial charge in [-0.3, -0.25) is 4.79 Å². The molecule has 4 aromatic rings. The molecule has 0 N–H and O–H groups in total. The molecule has 4 rings (SSSR count). The lowest BCUT2D eigenvalue weighted by atomic mass is 10.1. The molecule has 1 amide bonds. The molecular formula is C21H16N2O2. The third-order valence-corrected chi connectivity index (χ3v) is 4.21. The van der Waals surface area contributed by atoms with Crippen LogP contribution in [0.5, 0.6) is 0 Å². The number of nitrogens with zero attached hydrogens (tertiary/aromatic N) is 2. The van der Waals surface area contributed by atoms with Crippen LogP contribution >= 0.6 is 0 Å². The number of rotatable bonds is 3. The average Bonchev–Trinajstić information content (AvgIpc) is 3.11. The van der Waals surface area contributed by atoms with E-state index in [1.165, 1.54) is 0 Å². The molecule has 4 heteroatoms. The minimum atomic E-state index is -0.0756. The molecule has 1 aromatic heterocycles. The summed E-state index contributed by atoms with van der Waals surface area (Å²) < 4.78 is 5.51. The minimum absolute atomic E-state index is 0.0756. The SMILES string of the molecule is CN(C(=O)c1ccc2noc(-c3ccccc3)c2c1)c1ccccc1. The molecule has 0 aliphatic heterocycles. The van der Waals surface area contributed by atoms with E-state index in [2.05, 4.69) is 5.16 Å². The fourth-order valence-corrected chi connectivity index (χ4v) is 2.83. The summed E-state index contributed by atoms with van der Waals surface area (Å²) in [5, 5.41) is 4.93. The third kappa shape index (κ3) is 2.78. The molecule has 0 atom stereocenters. The summed E-state index contributed by atoms with van der Waals surface area (Å²) in [6, 6.07) is 24.8. The van der Waals surface area contributed by atoms with Gasteiger partial charge in [-0.15, -0.1) is 0 Å². The number of benzene rings is 3. The maximum atomic E-state index is 12.8. The standard InChI is InChI=1S/C21H16N2O2/c1-23(17-10-6-3-7-11-17)21(24)16-12-13-19-18(14-16)20(25-22-19)15-8-4-2-5-9-15/h2-14H,1H3. The van der Waals surface area contributed by atoms with E-state index in [0.717, 1.165) is 22.2 Å². The van der Waals surface area contributed by atoms with E-state index >= 15 is 0 Å². The van der Waals surface area contributed by atoms with E-state index in [-0.39, 0.29) is 5.91 Å². The van der Waals surface area contributed by atoms with Crippen molar-refractivity contribution in [2.75, 3.05) is 11.9 Å². The molecule has 0 radical (unpaired) electrons. The van der Waals surface area contributed by atoms with Crippen LogP contribution in [-0.4, -0.2) is 18.1 Å². The normalized spacial score (nSPS) is 10.8. The zero-order chi connectivity index (χ0) is 17.2. The smallest absolute Gasteiger partial charge is 0.258 e. The van der Waals surface area contributed by atoms with Crippen LogP contribution in [0.2, 0.25) is 0 Å². The maximum Gasteiger partial charge on any atom is 0.258 e. The van der Waals surface area contributed by atoms with Crippen LogP contribution in [0.3, 0.4) is 0 Å². The number of hydrogen-bond acceptors (Lipinski definition) is 3. The van der Waals surface area contributed by atoms with Crippen LogP contribution in [-0.2, 0) is 0 Å². The number of hydrogen-bond donors (Lipinski definition) is 0. The predicted octanol–water partition coefficient (Wildman–Crippen LogP) is 4.77. The fourth-order valence-electron chi connectivity index (χ4n) is 2.83. The molecule has 0 fully saturated rings. The number of carbonyl (C=O) groups is 1. The second kappa shape index (κ2) is 6.24. The third-order valence-electron chi connectivity index (χ3n) is 4.21. The van der Waals surface area contributed by atoms with E-state index < -0.39 is 0 Å². The Balaban J connectivity index is 1.75. The Bertz CT molecular complexity index is 1020. The summed E-state index contributed by atoms with van der Waals surface area (Å²) in [7, 11) is 1.77. The Morgan fingerprint density at radius 2 is 1.60 bits per heavy atom. The zero-order valence-corrected chi connectivity index (χ0v) is 13.7.